The molecule has 4 aromatic rings. The first-order chi connectivity index (χ1) is 18.9. The van der Waals surface area contributed by atoms with E-state index in [0.717, 1.165) is 11.1 Å². The second-order valence-electron chi connectivity index (χ2n) is 9.52. The summed E-state index contributed by atoms with van der Waals surface area (Å²) >= 11 is 0. The number of esters is 1. The van der Waals surface area contributed by atoms with Crippen LogP contribution in [-0.2, 0) is 19.6 Å². The highest BCUT2D eigenvalue weighted by molar-refractivity contribution is 7.89. The maximum Gasteiger partial charge on any atom is 0.324 e. The number of hydrogen-bond acceptors (Lipinski definition) is 7. The Morgan fingerprint density at radius 3 is 2.08 bits per heavy atom. The summed E-state index contributed by atoms with van der Waals surface area (Å²) in [6.07, 6.45) is 0. The van der Waals surface area contributed by atoms with Gasteiger partial charge >= 0.3 is 5.97 Å². The lowest BCUT2D eigenvalue weighted by Gasteiger charge is -2.19. The first-order valence-corrected chi connectivity index (χ1v) is 13.8. The van der Waals surface area contributed by atoms with Crippen LogP contribution >= 0.6 is 0 Å². The number of anilines is 1. The number of methoxy groups -OCH3 is 1. The lowest BCUT2D eigenvalue weighted by atomic mass is 10.0. The van der Waals surface area contributed by atoms with Crippen molar-refractivity contribution in [3.8, 4) is 11.1 Å². The number of amides is 2. The number of primary amides is 1. The smallest absolute Gasteiger partial charge is 0.324 e. The highest BCUT2D eigenvalue weighted by Crippen LogP contribution is 2.29. The van der Waals surface area contributed by atoms with Crippen molar-refractivity contribution in [2.24, 2.45) is 11.7 Å². The van der Waals surface area contributed by atoms with Gasteiger partial charge in [0.2, 0.25) is 15.9 Å². The van der Waals surface area contributed by atoms with Crippen LogP contribution in [0.2, 0.25) is 0 Å². The number of sulfonamides is 1. The Bertz CT molecular complexity index is 1690. The van der Waals surface area contributed by atoms with Gasteiger partial charge in [-0.2, -0.15) is 4.72 Å². The molecule has 0 fully saturated rings. The van der Waals surface area contributed by atoms with Crippen LogP contribution in [0.15, 0.2) is 76.0 Å². The second-order valence-corrected chi connectivity index (χ2v) is 11.2. The number of rotatable bonds is 9. The van der Waals surface area contributed by atoms with E-state index in [2.05, 4.69) is 10.0 Å². The monoisotopic (exact) mass is 563 g/mol. The SMILES string of the molecule is COC(=O)[C@@H](NS(=O)(=O)c1ccc(-c2ccc(NC(=O)c3oc4cccc(C(N)=O)c4c3C)cc2)cc1)C(C)C. The summed E-state index contributed by atoms with van der Waals surface area (Å²) in [5, 5.41) is 3.28. The van der Waals surface area contributed by atoms with E-state index in [9.17, 15) is 22.8 Å². The molecule has 2 amide bonds. The van der Waals surface area contributed by atoms with Crippen molar-refractivity contribution >= 4 is 44.5 Å². The average Bonchev–Trinajstić information content (AvgIpc) is 3.28. The topological polar surface area (TPSA) is 158 Å². The number of carbonyl (C=O) groups is 3. The van der Waals surface area contributed by atoms with E-state index >= 15 is 0 Å². The largest absolute Gasteiger partial charge is 0.468 e. The van der Waals surface area contributed by atoms with Crippen LogP contribution in [0.1, 0.15) is 40.3 Å². The van der Waals surface area contributed by atoms with Gasteiger partial charge in [-0.1, -0.05) is 44.2 Å². The van der Waals surface area contributed by atoms with E-state index in [0.29, 0.717) is 22.2 Å². The Hall–Kier alpha value is -4.48. The summed E-state index contributed by atoms with van der Waals surface area (Å²) in [6, 6.07) is 17.0. The third-order valence-corrected chi connectivity index (χ3v) is 7.93. The summed E-state index contributed by atoms with van der Waals surface area (Å²) in [6.45, 7) is 5.13. The second kappa shape index (κ2) is 11.3. The molecule has 4 N–H and O–H groups in total. The van der Waals surface area contributed by atoms with Crippen molar-refractivity contribution < 1.29 is 32.0 Å². The molecule has 1 heterocycles. The number of aryl methyl sites for hydroxylation is 1. The van der Waals surface area contributed by atoms with Gasteiger partial charge in [0.05, 0.1) is 17.6 Å². The van der Waals surface area contributed by atoms with Crippen LogP contribution in [-0.4, -0.2) is 39.4 Å². The third kappa shape index (κ3) is 5.75. The summed E-state index contributed by atoms with van der Waals surface area (Å²) in [5.41, 5.74) is 8.68. The average molecular weight is 564 g/mol. The van der Waals surface area contributed by atoms with E-state index in [4.69, 9.17) is 14.9 Å². The molecule has 0 saturated heterocycles. The Balaban J connectivity index is 1.49. The standard InChI is InChI=1S/C29H29N3O7S/c1-16(2)25(29(35)38-4)32-40(36,37)21-14-10-19(11-15-21)18-8-12-20(13-9-18)31-28(34)26-17(3)24-22(27(30)33)6-5-7-23(24)39-26/h5-16,25,32H,1-4H3,(H2,30,33)(H,31,34)/t25-/m0/s1. The molecule has 3 aromatic carbocycles. The van der Waals surface area contributed by atoms with Crippen molar-refractivity contribution in [3.05, 3.63) is 83.6 Å². The van der Waals surface area contributed by atoms with Gasteiger partial charge in [-0.05, 0) is 60.4 Å². The predicted molar refractivity (Wildman–Crippen MR) is 150 cm³/mol. The minimum Gasteiger partial charge on any atom is -0.468 e. The van der Waals surface area contributed by atoms with Gasteiger partial charge in [0, 0.05) is 16.6 Å². The molecule has 1 atom stereocenters. The molecule has 10 nitrogen and oxygen atoms in total. The molecule has 40 heavy (non-hydrogen) atoms. The fourth-order valence-electron chi connectivity index (χ4n) is 4.30. The highest BCUT2D eigenvalue weighted by Gasteiger charge is 2.29. The van der Waals surface area contributed by atoms with E-state index in [1.165, 1.54) is 19.2 Å². The highest BCUT2D eigenvalue weighted by atomic mass is 32.2. The first-order valence-electron chi connectivity index (χ1n) is 12.4. The first kappa shape index (κ1) is 28.5. The van der Waals surface area contributed by atoms with Gasteiger partial charge in [0.15, 0.2) is 5.76 Å². The number of carbonyl (C=O) groups excluding carboxylic acids is 3. The minimum atomic E-state index is -3.96. The van der Waals surface area contributed by atoms with E-state index in [1.807, 2.05) is 0 Å². The summed E-state index contributed by atoms with van der Waals surface area (Å²) in [5.74, 6) is -1.98. The van der Waals surface area contributed by atoms with Crippen LogP contribution in [0.25, 0.3) is 22.1 Å². The Labute approximate surface area is 231 Å². The molecule has 4 rings (SSSR count). The molecule has 0 unspecified atom stereocenters. The molecule has 0 aliphatic rings. The number of ether oxygens (including phenoxy) is 1. The Morgan fingerprint density at radius 1 is 0.925 bits per heavy atom. The van der Waals surface area contributed by atoms with E-state index in [1.54, 1.807) is 75.4 Å². The predicted octanol–water partition coefficient (Wildman–Crippen LogP) is 4.24. The lowest BCUT2D eigenvalue weighted by Crippen LogP contribution is -2.44. The van der Waals surface area contributed by atoms with Crippen LogP contribution in [0, 0.1) is 12.8 Å². The molecule has 1 aromatic heterocycles. The van der Waals surface area contributed by atoms with Crippen molar-refractivity contribution in [1.29, 1.82) is 0 Å². The number of hydrogen-bond donors (Lipinski definition) is 3. The molecule has 11 heteroatoms. The summed E-state index contributed by atoms with van der Waals surface area (Å²) in [7, 11) is -2.75. The zero-order chi connectivity index (χ0) is 29.2. The van der Waals surface area contributed by atoms with Crippen LogP contribution in [0.3, 0.4) is 0 Å². The summed E-state index contributed by atoms with van der Waals surface area (Å²) in [4.78, 5) is 36.7. The number of furan rings is 1. The number of fused-ring (bicyclic) bond motifs is 1. The van der Waals surface area contributed by atoms with Gasteiger partial charge < -0.3 is 20.2 Å². The fraction of sp³-hybridized carbons (Fsp3) is 0.207. The van der Waals surface area contributed by atoms with Crippen molar-refractivity contribution in [3.63, 3.8) is 0 Å². The molecule has 0 saturated carbocycles. The maximum atomic E-state index is 12.9. The zero-order valence-electron chi connectivity index (χ0n) is 22.3. The van der Waals surface area contributed by atoms with Crippen LogP contribution in [0.4, 0.5) is 5.69 Å². The Morgan fingerprint density at radius 2 is 1.52 bits per heavy atom. The van der Waals surface area contributed by atoms with Gasteiger partial charge in [0.1, 0.15) is 11.6 Å². The zero-order valence-corrected chi connectivity index (χ0v) is 23.2. The number of nitrogens with two attached hydrogens (primary N) is 1. The normalized spacial score (nSPS) is 12.3. The molecule has 0 aliphatic heterocycles. The maximum absolute atomic E-state index is 12.9. The molecule has 0 aliphatic carbocycles. The number of benzene rings is 3. The van der Waals surface area contributed by atoms with Crippen molar-refractivity contribution in [1.82, 2.24) is 4.72 Å². The van der Waals surface area contributed by atoms with E-state index < -0.39 is 33.8 Å². The van der Waals surface area contributed by atoms with Crippen LogP contribution in [0.5, 0.6) is 0 Å². The molecule has 0 radical (unpaired) electrons. The third-order valence-electron chi connectivity index (χ3n) is 6.47. The quantitative estimate of drug-likeness (QED) is 0.257. The summed E-state index contributed by atoms with van der Waals surface area (Å²) < 4.78 is 38.5. The molecular weight excluding hydrogens is 534 g/mol. The van der Waals surface area contributed by atoms with Gasteiger partial charge in [0.25, 0.3) is 5.91 Å². The number of nitrogens with one attached hydrogen (secondary N) is 2. The molecule has 208 valence electrons. The lowest BCUT2D eigenvalue weighted by molar-refractivity contribution is -0.143. The Kier molecular flexibility index (Phi) is 8.08. The fourth-order valence-corrected chi connectivity index (χ4v) is 5.64. The molecule has 0 spiro atoms. The van der Waals surface area contributed by atoms with Gasteiger partial charge in [-0.25, -0.2) is 8.42 Å². The minimum absolute atomic E-state index is 0.00961. The van der Waals surface area contributed by atoms with Crippen LogP contribution < -0.4 is 15.8 Å². The van der Waals surface area contributed by atoms with Gasteiger partial charge in [-0.15, -0.1) is 0 Å². The van der Waals surface area contributed by atoms with E-state index in [-0.39, 0.29) is 22.1 Å². The van der Waals surface area contributed by atoms with Gasteiger partial charge in [-0.3, -0.25) is 14.4 Å². The van der Waals surface area contributed by atoms with Crippen molar-refractivity contribution in [2.45, 2.75) is 31.7 Å². The van der Waals surface area contributed by atoms with Crippen molar-refractivity contribution in [2.75, 3.05) is 12.4 Å². The molecular formula is C29H29N3O7S. The molecule has 0 bridgehead atoms.